The van der Waals surface area contributed by atoms with Crippen LogP contribution in [0.2, 0.25) is 0 Å². The number of aliphatic hydroxyl groups is 1. The lowest BCUT2D eigenvalue weighted by Crippen LogP contribution is -2.14. The standard InChI is InChI=1S/C11H16F2O.CH4O/c1-8(2)6-10(7-9(3)4)14-11(5,12)13;1-2/h6-7H,1H2,2-5H3;2H,1H3/b10-6+;. The summed E-state index contributed by atoms with van der Waals surface area (Å²) in [6.45, 7) is 9.64. The molecule has 0 atom stereocenters. The van der Waals surface area contributed by atoms with Crippen LogP contribution in [0.1, 0.15) is 27.7 Å². The fourth-order valence-electron chi connectivity index (χ4n) is 0.835. The SMILES string of the molecule is C=C(C)/C=C(\C=C(C)C)OC(C)(F)F.CO. The Morgan fingerprint density at radius 2 is 1.62 bits per heavy atom. The number of allylic oxidation sites excluding steroid dienone is 4. The Morgan fingerprint density at radius 1 is 1.19 bits per heavy atom. The first kappa shape index (κ1) is 17.2. The highest BCUT2D eigenvalue weighted by Crippen LogP contribution is 2.20. The van der Waals surface area contributed by atoms with Crippen LogP contribution in [-0.4, -0.2) is 18.3 Å². The van der Waals surface area contributed by atoms with Crippen molar-refractivity contribution < 1.29 is 18.6 Å². The molecule has 0 rings (SSSR count). The second-order valence-electron chi connectivity index (χ2n) is 3.52. The molecule has 2 nitrogen and oxygen atoms in total. The van der Waals surface area contributed by atoms with Gasteiger partial charge in [-0.3, -0.25) is 0 Å². The van der Waals surface area contributed by atoms with Crippen LogP contribution in [0.5, 0.6) is 0 Å². The molecule has 0 aliphatic heterocycles. The van der Waals surface area contributed by atoms with E-state index in [0.717, 1.165) is 12.7 Å². The number of hydrogen-bond donors (Lipinski definition) is 1. The van der Waals surface area contributed by atoms with E-state index in [1.54, 1.807) is 13.0 Å². The first-order chi connectivity index (χ1) is 7.20. The van der Waals surface area contributed by atoms with Gasteiger partial charge >= 0.3 is 6.11 Å². The van der Waals surface area contributed by atoms with E-state index in [4.69, 9.17) is 5.11 Å². The monoisotopic (exact) mass is 234 g/mol. The lowest BCUT2D eigenvalue weighted by atomic mass is 10.2. The third-order valence-electron chi connectivity index (χ3n) is 1.12. The van der Waals surface area contributed by atoms with Gasteiger partial charge in [-0.15, -0.1) is 0 Å². The molecule has 0 saturated heterocycles. The number of hydrogen-bond acceptors (Lipinski definition) is 2. The first-order valence-electron chi connectivity index (χ1n) is 4.74. The third kappa shape index (κ3) is 12.8. The van der Waals surface area contributed by atoms with Crippen molar-refractivity contribution in [1.29, 1.82) is 0 Å². The summed E-state index contributed by atoms with van der Waals surface area (Å²) in [5.41, 5.74) is 1.56. The Bertz CT molecular complexity index is 269. The molecule has 0 fully saturated rings. The first-order valence-corrected chi connectivity index (χ1v) is 4.74. The van der Waals surface area contributed by atoms with E-state index in [1.165, 1.54) is 6.08 Å². The van der Waals surface area contributed by atoms with Gasteiger partial charge in [-0.2, -0.15) is 8.78 Å². The Hall–Kier alpha value is -1.16. The van der Waals surface area contributed by atoms with E-state index in [0.29, 0.717) is 12.5 Å². The number of halogens is 2. The molecular formula is C12H20F2O2. The zero-order chi connectivity index (χ0) is 13.4. The molecule has 94 valence electrons. The normalized spacial score (nSPS) is 11.1. The lowest BCUT2D eigenvalue weighted by molar-refractivity contribution is -0.195. The van der Waals surface area contributed by atoms with Crippen molar-refractivity contribution in [3.8, 4) is 0 Å². The highest BCUT2D eigenvalue weighted by atomic mass is 19.3. The zero-order valence-corrected chi connectivity index (χ0v) is 10.5. The lowest BCUT2D eigenvalue weighted by Gasteiger charge is -2.14. The molecule has 0 amide bonds. The van der Waals surface area contributed by atoms with Crippen molar-refractivity contribution in [2.75, 3.05) is 7.11 Å². The van der Waals surface area contributed by atoms with Gasteiger partial charge in [-0.25, -0.2) is 0 Å². The van der Waals surface area contributed by atoms with E-state index in [-0.39, 0.29) is 5.76 Å². The number of rotatable bonds is 4. The molecule has 0 aromatic rings. The number of aliphatic hydroxyl groups excluding tert-OH is 1. The molecule has 0 heterocycles. The molecule has 0 bridgehead atoms. The predicted octanol–water partition coefficient (Wildman–Crippen LogP) is 3.65. The second kappa shape index (κ2) is 8.05. The van der Waals surface area contributed by atoms with Gasteiger partial charge in [0, 0.05) is 14.0 Å². The minimum absolute atomic E-state index is 0.130. The van der Waals surface area contributed by atoms with Gasteiger partial charge in [0.05, 0.1) is 0 Å². The Morgan fingerprint density at radius 3 is 1.88 bits per heavy atom. The van der Waals surface area contributed by atoms with Crippen LogP contribution in [-0.2, 0) is 4.74 Å². The fraction of sp³-hybridized carbons (Fsp3) is 0.500. The van der Waals surface area contributed by atoms with E-state index in [9.17, 15) is 8.78 Å². The van der Waals surface area contributed by atoms with Crippen LogP contribution >= 0.6 is 0 Å². The van der Waals surface area contributed by atoms with Crippen molar-refractivity contribution in [3.05, 3.63) is 35.6 Å². The van der Waals surface area contributed by atoms with Crippen LogP contribution in [0.15, 0.2) is 35.6 Å². The highest BCUT2D eigenvalue weighted by molar-refractivity contribution is 5.25. The molecule has 1 N–H and O–H groups in total. The molecule has 0 saturated carbocycles. The van der Waals surface area contributed by atoms with E-state index >= 15 is 0 Å². The summed E-state index contributed by atoms with van der Waals surface area (Å²) < 4.78 is 29.6. The topological polar surface area (TPSA) is 29.5 Å². The van der Waals surface area contributed by atoms with Gasteiger partial charge in [0.25, 0.3) is 0 Å². The molecule has 0 aromatic carbocycles. The van der Waals surface area contributed by atoms with Crippen LogP contribution in [0, 0.1) is 0 Å². The third-order valence-corrected chi connectivity index (χ3v) is 1.12. The van der Waals surface area contributed by atoms with Crippen LogP contribution < -0.4 is 0 Å². The maximum atomic E-state index is 12.6. The molecule has 0 aliphatic rings. The maximum Gasteiger partial charge on any atom is 0.394 e. The molecule has 0 aliphatic carbocycles. The Labute approximate surface area is 95.9 Å². The molecular weight excluding hydrogens is 214 g/mol. The molecule has 0 spiro atoms. The highest BCUT2D eigenvalue weighted by Gasteiger charge is 2.23. The van der Waals surface area contributed by atoms with Crippen molar-refractivity contribution in [2.24, 2.45) is 0 Å². The van der Waals surface area contributed by atoms with Gasteiger partial charge in [0.1, 0.15) is 5.76 Å². The average molecular weight is 234 g/mol. The van der Waals surface area contributed by atoms with Crippen molar-refractivity contribution in [3.63, 3.8) is 0 Å². The largest absolute Gasteiger partial charge is 0.433 e. The molecule has 0 radical (unpaired) electrons. The Kier molecular flexibility index (Phi) is 8.67. The van der Waals surface area contributed by atoms with Crippen LogP contribution in [0.4, 0.5) is 8.78 Å². The summed E-state index contributed by atoms with van der Waals surface area (Å²) in [7, 11) is 1.00. The summed E-state index contributed by atoms with van der Waals surface area (Å²) in [6.07, 6.45) is -0.135. The molecule has 0 aromatic heterocycles. The van der Waals surface area contributed by atoms with E-state index in [1.807, 2.05) is 13.8 Å². The molecule has 16 heavy (non-hydrogen) atoms. The average Bonchev–Trinajstić information content (AvgIpc) is 2.01. The minimum Gasteiger partial charge on any atom is -0.433 e. The smallest absolute Gasteiger partial charge is 0.394 e. The summed E-state index contributed by atoms with van der Waals surface area (Å²) in [6, 6.07) is 0. The Balaban J connectivity index is 0. The van der Waals surface area contributed by atoms with Gasteiger partial charge in [0.2, 0.25) is 0 Å². The van der Waals surface area contributed by atoms with Gasteiger partial charge in [0.15, 0.2) is 0 Å². The summed E-state index contributed by atoms with van der Waals surface area (Å²) in [5, 5.41) is 7.00. The quantitative estimate of drug-likeness (QED) is 0.594. The van der Waals surface area contributed by atoms with Crippen molar-refractivity contribution in [2.45, 2.75) is 33.8 Å². The summed E-state index contributed by atoms with van der Waals surface area (Å²) in [5.74, 6) is 0.130. The van der Waals surface area contributed by atoms with E-state index < -0.39 is 6.11 Å². The maximum absolute atomic E-state index is 12.6. The van der Waals surface area contributed by atoms with Gasteiger partial charge < -0.3 is 9.84 Å². The second-order valence-corrected chi connectivity index (χ2v) is 3.52. The summed E-state index contributed by atoms with van der Waals surface area (Å²) in [4.78, 5) is 0. The molecule has 0 unspecified atom stereocenters. The molecule has 4 heteroatoms. The van der Waals surface area contributed by atoms with Crippen molar-refractivity contribution in [1.82, 2.24) is 0 Å². The minimum atomic E-state index is -3.16. The summed E-state index contributed by atoms with van der Waals surface area (Å²) >= 11 is 0. The van der Waals surface area contributed by atoms with E-state index in [2.05, 4.69) is 11.3 Å². The van der Waals surface area contributed by atoms with Crippen LogP contribution in [0.25, 0.3) is 0 Å². The van der Waals surface area contributed by atoms with Gasteiger partial charge in [-0.05, 0) is 32.9 Å². The predicted molar refractivity (Wildman–Crippen MR) is 62.2 cm³/mol. The fourth-order valence-corrected chi connectivity index (χ4v) is 0.835. The van der Waals surface area contributed by atoms with Crippen LogP contribution in [0.3, 0.4) is 0 Å². The zero-order valence-electron chi connectivity index (χ0n) is 10.5. The van der Waals surface area contributed by atoms with Gasteiger partial charge in [-0.1, -0.05) is 17.7 Å². The van der Waals surface area contributed by atoms with Crippen molar-refractivity contribution >= 4 is 0 Å². The number of alkyl halides is 2. The number of ether oxygens (including phenoxy) is 1.